The maximum Gasteiger partial charge on any atom is 0.271 e. The third-order valence-corrected chi connectivity index (χ3v) is 3.75. The standard InChI is InChI=1S/C19H17N3O3/c1-24-15-5-3-13-4-6-18(25-2)17(16(13)11-15)12-21-22-19(23)14-7-9-20-10-8-14/h3-12H,1-2H3,(H,22,23)/b21-12-. The molecule has 126 valence electrons. The third-order valence-electron chi connectivity index (χ3n) is 3.75. The van der Waals surface area contributed by atoms with E-state index >= 15 is 0 Å². The van der Waals surface area contributed by atoms with E-state index in [0.29, 0.717) is 11.3 Å². The van der Waals surface area contributed by atoms with Crippen LogP contribution in [0.1, 0.15) is 15.9 Å². The Morgan fingerprint density at radius 2 is 1.84 bits per heavy atom. The van der Waals surface area contributed by atoms with Crippen molar-refractivity contribution in [2.24, 2.45) is 5.10 Å². The minimum absolute atomic E-state index is 0.310. The van der Waals surface area contributed by atoms with Crippen LogP contribution < -0.4 is 14.9 Å². The number of amides is 1. The van der Waals surface area contributed by atoms with Crippen molar-refractivity contribution < 1.29 is 14.3 Å². The van der Waals surface area contributed by atoms with E-state index in [-0.39, 0.29) is 5.91 Å². The Kier molecular flexibility index (Phi) is 4.89. The summed E-state index contributed by atoms with van der Waals surface area (Å²) in [5.74, 6) is 1.08. The van der Waals surface area contributed by atoms with E-state index in [2.05, 4.69) is 15.5 Å². The predicted molar refractivity (Wildman–Crippen MR) is 96.3 cm³/mol. The quantitative estimate of drug-likeness (QED) is 0.575. The number of nitrogens with one attached hydrogen (secondary N) is 1. The fourth-order valence-corrected chi connectivity index (χ4v) is 2.46. The topological polar surface area (TPSA) is 72.8 Å². The molecule has 0 spiro atoms. The minimum Gasteiger partial charge on any atom is -0.497 e. The zero-order chi connectivity index (χ0) is 17.6. The molecule has 0 aliphatic rings. The zero-order valence-corrected chi connectivity index (χ0v) is 13.9. The molecule has 0 aliphatic heterocycles. The number of rotatable bonds is 5. The molecule has 0 bridgehead atoms. The number of ether oxygens (including phenoxy) is 2. The number of pyridine rings is 1. The molecule has 2 aromatic carbocycles. The third kappa shape index (κ3) is 3.58. The van der Waals surface area contributed by atoms with Crippen LogP contribution in [0.3, 0.4) is 0 Å². The van der Waals surface area contributed by atoms with Crippen LogP contribution >= 0.6 is 0 Å². The summed E-state index contributed by atoms with van der Waals surface area (Å²) in [5, 5.41) is 6.00. The Morgan fingerprint density at radius 1 is 1.08 bits per heavy atom. The Hall–Kier alpha value is -3.41. The van der Waals surface area contributed by atoms with Crippen molar-refractivity contribution in [3.63, 3.8) is 0 Å². The van der Waals surface area contributed by atoms with Crippen molar-refractivity contribution in [1.82, 2.24) is 10.4 Å². The van der Waals surface area contributed by atoms with Gasteiger partial charge in [0.15, 0.2) is 0 Å². The van der Waals surface area contributed by atoms with Gasteiger partial charge in [0.05, 0.1) is 20.4 Å². The van der Waals surface area contributed by atoms with Crippen LogP contribution in [-0.2, 0) is 0 Å². The van der Waals surface area contributed by atoms with Crippen LogP contribution in [-0.4, -0.2) is 31.3 Å². The van der Waals surface area contributed by atoms with Gasteiger partial charge in [-0.1, -0.05) is 12.1 Å². The van der Waals surface area contributed by atoms with Gasteiger partial charge in [0.25, 0.3) is 5.91 Å². The molecular weight excluding hydrogens is 318 g/mol. The number of fused-ring (bicyclic) bond motifs is 1. The molecule has 3 rings (SSSR count). The van der Waals surface area contributed by atoms with Crippen molar-refractivity contribution >= 4 is 22.9 Å². The second-order valence-corrected chi connectivity index (χ2v) is 5.20. The van der Waals surface area contributed by atoms with Gasteiger partial charge in [-0.3, -0.25) is 9.78 Å². The molecule has 0 saturated heterocycles. The number of aromatic nitrogens is 1. The maximum absolute atomic E-state index is 12.0. The molecule has 0 fully saturated rings. The van der Waals surface area contributed by atoms with Crippen molar-refractivity contribution in [2.75, 3.05) is 14.2 Å². The van der Waals surface area contributed by atoms with E-state index in [4.69, 9.17) is 9.47 Å². The zero-order valence-electron chi connectivity index (χ0n) is 13.9. The summed E-state index contributed by atoms with van der Waals surface area (Å²) in [6, 6.07) is 12.8. The highest BCUT2D eigenvalue weighted by molar-refractivity contribution is 6.03. The molecular formula is C19H17N3O3. The van der Waals surface area contributed by atoms with Gasteiger partial charge in [-0.15, -0.1) is 0 Å². The van der Waals surface area contributed by atoms with Crippen LogP contribution in [0.5, 0.6) is 11.5 Å². The first-order valence-electron chi connectivity index (χ1n) is 7.61. The molecule has 0 atom stereocenters. The van der Waals surface area contributed by atoms with Gasteiger partial charge in [-0.25, -0.2) is 5.43 Å². The maximum atomic E-state index is 12.0. The molecule has 6 heteroatoms. The van der Waals surface area contributed by atoms with Gasteiger partial charge in [0.2, 0.25) is 0 Å². The van der Waals surface area contributed by atoms with E-state index in [1.54, 1.807) is 45.0 Å². The number of hydrogen-bond acceptors (Lipinski definition) is 5. The molecule has 6 nitrogen and oxygen atoms in total. The lowest BCUT2D eigenvalue weighted by molar-refractivity contribution is 0.0955. The number of benzene rings is 2. The molecule has 1 amide bonds. The highest BCUT2D eigenvalue weighted by Crippen LogP contribution is 2.29. The van der Waals surface area contributed by atoms with E-state index in [0.717, 1.165) is 22.1 Å². The summed E-state index contributed by atoms with van der Waals surface area (Å²) in [7, 11) is 3.21. The predicted octanol–water partition coefficient (Wildman–Crippen LogP) is 3.02. The summed E-state index contributed by atoms with van der Waals surface area (Å²) in [6.45, 7) is 0. The van der Waals surface area contributed by atoms with Gasteiger partial charge in [0, 0.05) is 23.5 Å². The Bertz CT molecular complexity index is 919. The van der Waals surface area contributed by atoms with Gasteiger partial charge < -0.3 is 9.47 Å². The average molecular weight is 335 g/mol. The lowest BCUT2D eigenvalue weighted by Gasteiger charge is -2.10. The second kappa shape index (κ2) is 7.44. The smallest absolute Gasteiger partial charge is 0.271 e. The number of nitrogens with zero attached hydrogens (tertiary/aromatic N) is 2. The minimum atomic E-state index is -0.310. The monoisotopic (exact) mass is 335 g/mol. The number of hydrazone groups is 1. The van der Waals surface area contributed by atoms with Crippen molar-refractivity contribution in [1.29, 1.82) is 0 Å². The fourth-order valence-electron chi connectivity index (χ4n) is 2.46. The molecule has 3 aromatic rings. The SMILES string of the molecule is COc1ccc2ccc(OC)c(/C=N\NC(=O)c3ccncc3)c2c1. The van der Waals surface area contributed by atoms with Crippen LogP contribution in [0.2, 0.25) is 0 Å². The molecule has 1 aromatic heterocycles. The van der Waals surface area contributed by atoms with Gasteiger partial charge >= 0.3 is 0 Å². The fraction of sp³-hybridized carbons (Fsp3) is 0.105. The lowest BCUT2D eigenvalue weighted by Crippen LogP contribution is -2.17. The first-order valence-corrected chi connectivity index (χ1v) is 7.61. The first-order chi connectivity index (χ1) is 12.2. The van der Waals surface area contributed by atoms with Gasteiger partial charge in [-0.05, 0) is 41.1 Å². The van der Waals surface area contributed by atoms with Crippen LogP contribution in [0.25, 0.3) is 10.8 Å². The summed E-state index contributed by atoms with van der Waals surface area (Å²) >= 11 is 0. The number of methoxy groups -OCH3 is 2. The van der Waals surface area contributed by atoms with Crippen LogP contribution in [0, 0.1) is 0 Å². The highest BCUT2D eigenvalue weighted by Gasteiger charge is 2.08. The average Bonchev–Trinajstić information content (AvgIpc) is 2.68. The van der Waals surface area contributed by atoms with Crippen LogP contribution in [0.4, 0.5) is 0 Å². The van der Waals surface area contributed by atoms with Crippen molar-refractivity contribution in [3.8, 4) is 11.5 Å². The van der Waals surface area contributed by atoms with E-state index in [9.17, 15) is 4.79 Å². The van der Waals surface area contributed by atoms with E-state index < -0.39 is 0 Å². The Labute approximate surface area is 145 Å². The van der Waals surface area contributed by atoms with Crippen molar-refractivity contribution in [3.05, 3.63) is 66.0 Å². The Balaban J connectivity index is 1.92. The molecule has 0 aliphatic carbocycles. The summed E-state index contributed by atoms with van der Waals surface area (Å²) in [5.41, 5.74) is 3.75. The molecule has 1 N–H and O–H groups in total. The van der Waals surface area contributed by atoms with Crippen molar-refractivity contribution in [2.45, 2.75) is 0 Å². The summed E-state index contributed by atoms with van der Waals surface area (Å²) in [6.07, 6.45) is 4.68. The number of hydrogen-bond donors (Lipinski definition) is 1. The summed E-state index contributed by atoms with van der Waals surface area (Å²) in [4.78, 5) is 15.9. The highest BCUT2D eigenvalue weighted by atomic mass is 16.5. The van der Waals surface area contributed by atoms with Gasteiger partial charge in [-0.2, -0.15) is 5.10 Å². The Morgan fingerprint density at radius 3 is 2.56 bits per heavy atom. The molecule has 0 saturated carbocycles. The normalized spacial score (nSPS) is 10.8. The largest absolute Gasteiger partial charge is 0.497 e. The first kappa shape index (κ1) is 16.4. The molecule has 1 heterocycles. The van der Waals surface area contributed by atoms with Crippen LogP contribution in [0.15, 0.2) is 60.0 Å². The lowest BCUT2D eigenvalue weighted by atomic mass is 10.0. The van der Waals surface area contributed by atoms with E-state index in [1.165, 1.54) is 0 Å². The number of carbonyl (C=O) groups excluding carboxylic acids is 1. The van der Waals surface area contributed by atoms with E-state index in [1.807, 2.05) is 30.3 Å². The molecule has 25 heavy (non-hydrogen) atoms. The van der Waals surface area contributed by atoms with Gasteiger partial charge in [0.1, 0.15) is 11.5 Å². The molecule has 0 radical (unpaired) electrons. The number of carbonyl (C=O) groups is 1. The second-order valence-electron chi connectivity index (χ2n) is 5.20. The molecule has 0 unspecified atom stereocenters. The summed E-state index contributed by atoms with van der Waals surface area (Å²) < 4.78 is 10.7.